The Hall–Kier alpha value is -1.32. The van der Waals surface area contributed by atoms with E-state index in [0.717, 1.165) is 0 Å². The summed E-state index contributed by atoms with van der Waals surface area (Å²) < 4.78 is 8.83. The van der Waals surface area contributed by atoms with E-state index in [-0.39, 0.29) is 13.2 Å². The van der Waals surface area contributed by atoms with Gasteiger partial charge in [0.15, 0.2) is 0 Å². The second-order valence-electron chi connectivity index (χ2n) is 1.90. The number of ether oxygens (including phenoxy) is 2. The van der Waals surface area contributed by atoms with Gasteiger partial charge < -0.3 is 9.47 Å². The van der Waals surface area contributed by atoms with Gasteiger partial charge in [0.1, 0.15) is 13.2 Å². The van der Waals surface area contributed by atoms with Gasteiger partial charge in [-0.15, -0.1) is 0 Å². The molecular formula is C6H6O4. The molecule has 54 valence electrons. The maximum atomic E-state index is 10.4. The first-order valence-corrected chi connectivity index (χ1v) is 2.70. The summed E-state index contributed by atoms with van der Waals surface area (Å²) in [5.41, 5.74) is 0.583. The van der Waals surface area contributed by atoms with Crippen molar-refractivity contribution >= 4 is 11.9 Å². The quantitative estimate of drug-likeness (QED) is 0.263. The predicted molar refractivity (Wildman–Crippen MR) is 31.1 cm³/mol. The number of hydrogen-bond donors (Lipinski definition) is 0. The second-order valence-corrected chi connectivity index (χ2v) is 1.90. The molecule has 0 aromatic heterocycles. The number of carbonyl (C=O) groups excluding carboxylic acids is 2. The average molecular weight is 142 g/mol. The van der Waals surface area contributed by atoms with Crippen LogP contribution < -0.4 is 0 Å². The number of cyclic esters (lactones) is 2. The standard InChI is InChI=1S/C6H6O4/c1-4-2-9-5(7)6(8)10-3-4/h1-3H2. The molecule has 1 rings (SSSR count). The van der Waals surface area contributed by atoms with Crippen molar-refractivity contribution in [2.24, 2.45) is 0 Å². The van der Waals surface area contributed by atoms with Crippen molar-refractivity contribution in [3.8, 4) is 0 Å². The fraction of sp³-hybridized carbons (Fsp3) is 0.333. The van der Waals surface area contributed by atoms with Crippen molar-refractivity contribution in [3.05, 3.63) is 12.2 Å². The van der Waals surface area contributed by atoms with Crippen LogP contribution in [0.3, 0.4) is 0 Å². The minimum Gasteiger partial charge on any atom is -0.453 e. The van der Waals surface area contributed by atoms with Crippen LogP contribution in [0.25, 0.3) is 0 Å². The normalized spacial score (nSPS) is 19.4. The summed E-state index contributed by atoms with van der Waals surface area (Å²) in [6.07, 6.45) is 0. The van der Waals surface area contributed by atoms with E-state index in [9.17, 15) is 9.59 Å². The molecule has 0 bridgehead atoms. The average Bonchev–Trinajstić information content (AvgIpc) is 2.04. The Bertz CT molecular complexity index is 174. The van der Waals surface area contributed by atoms with Gasteiger partial charge in [-0.1, -0.05) is 6.58 Å². The van der Waals surface area contributed by atoms with Gasteiger partial charge in [0.05, 0.1) is 0 Å². The fourth-order valence-electron chi connectivity index (χ4n) is 0.495. The largest absolute Gasteiger partial charge is 0.453 e. The van der Waals surface area contributed by atoms with Crippen LogP contribution in [0.1, 0.15) is 0 Å². The number of rotatable bonds is 0. The summed E-state index contributed by atoms with van der Waals surface area (Å²) in [5.74, 6) is -1.89. The Morgan fingerprint density at radius 2 is 1.50 bits per heavy atom. The van der Waals surface area contributed by atoms with E-state index in [4.69, 9.17) is 0 Å². The van der Waals surface area contributed by atoms with Crippen LogP contribution in [0, 0.1) is 0 Å². The molecule has 1 aliphatic rings. The SMILES string of the molecule is C=C1COC(=O)C(=O)OC1. The molecule has 0 aliphatic carbocycles. The first-order valence-electron chi connectivity index (χ1n) is 2.70. The maximum Gasteiger partial charge on any atom is 0.417 e. The van der Waals surface area contributed by atoms with Crippen molar-refractivity contribution in [1.82, 2.24) is 0 Å². The molecule has 0 amide bonds. The van der Waals surface area contributed by atoms with Gasteiger partial charge in [0, 0.05) is 0 Å². The molecule has 0 saturated carbocycles. The van der Waals surface area contributed by atoms with Crippen LogP contribution >= 0.6 is 0 Å². The van der Waals surface area contributed by atoms with E-state index >= 15 is 0 Å². The van der Waals surface area contributed by atoms with Gasteiger partial charge >= 0.3 is 11.9 Å². The molecule has 1 saturated heterocycles. The summed E-state index contributed by atoms with van der Waals surface area (Å²) in [7, 11) is 0. The highest BCUT2D eigenvalue weighted by atomic mass is 16.6. The first-order chi connectivity index (χ1) is 4.70. The van der Waals surface area contributed by atoms with Gasteiger partial charge in [0.2, 0.25) is 0 Å². The molecule has 0 aromatic rings. The van der Waals surface area contributed by atoms with Crippen LogP contribution in [-0.4, -0.2) is 25.2 Å². The molecule has 0 spiro atoms. The molecule has 0 N–H and O–H groups in total. The van der Waals surface area contributed by atoms with E-state index in [0.29, 0.717) is 5.57 Å². The highest BCUT2D eigenvalue weighted by Crippen LogP contribution is 2.00. The van der Waals surface area contributed by atoms with Gasteiger partial charge in [-0.2, -0.15) is 0 Å². The van der Waals surface area contributed by atoms with E-state index in [1.165, 1.54) is 0 Å². The lowest BCUT2D eigenvalue weighted by Gasteiger charge is -1.94. The van der Waals surface area contributed by atoms with Crippen molar-refractivity contribution in [2.75, 3.05) is 13.2 Å². The maximum absolute atomic E-state index is 10.4. The van der Waals surface area contributed by atoms with Crippen LogP contribution in [0.4, 0.5) is 0 Å². The third kappa shape index (κ3) is 1.34. The minimum atomic E-state index is -0.946. The van der Waals surface area contributed by atoms with Crippen LogP contribution in [0.2, 0.25) is 0 Å². The molecule has 1 aliphatic heterocycles. The minimum absolute atomic E-state index is 0.0740. The number of esters is 2. The lowest BCUT2D eigenvalue weighted by molar-refractivity contribution is -0.164. The number of hydrogen-bond acceptors (Lipinski definition) is 4. The zero-order valence-corrected chi connectivity index (χ0v) is 5.25. The topological polar surface area (TPSA) is 52.6 Å². The summed E-state index contributed by atoms with van der Waals surface area (Å²) in [6, 6.07) is 0. The van der Waals surface area contributed by atoms with Gasteiger partial charge in [-0.05, 0) is 5.57 Å². The Kier molecular flexibility index (Phi) is 1.71. The zero-order valence-electron chi connectivity index (χ0n) is 5.25. The fourth-order valence-corrected chi connectivity index (χ4v) is 0.495. The van der Waals surface area contributed by atoms with E-state index in [1.54, 1.807) is 0 Å². The predicted octanol–water partition coefficient (Wildman–Crippen LogP) is -0.357. The Morgan fingerprint density at radius 3 is 1.90 bits per heavy atom. The van der Waals surface area contributed by atoms with Gasteiger partial charge in [0.25, 0.3) is 0 Å². The second kappa shape index (κ2) is 2.51. The molecule has 4 nitrogen and oxygen atoms in total. The third-order valence-corrected chi connectivity index (χ3v) is 0.981. The van der Waals surface area contributed by atoms with Crippen LogP contribution in [0.5, 0.6) is 0 Å². The zero-order chi connectivity index (χ0) is 7.56. The van der Waals surface area contributed by atoms with Crippen LogP contribution in [-0.2, 0) is 19.1 Å². The van der Waals surface area contributed by atoms with E-state index < -0.39 is 11.9 Å². The van der Waals surface area contributed by atoms with Gasteiger partial charge in [-0.25, -0.2) is 9.59 Å². The molecule has 4 heteroatoms. The molecule has 0 aromatic carbocycles. The van der Waals surface area contributed by atoms with E-state index in [1.807, 2.05) is 0 Å². The lowest BCUT2D eigenvalue weighted by atomic mass is 10.4. The first kappa shape index (κ1) is 6.80. The summed E-state index contributed by atoms with van der Waals surface area (Å²) in [6.45, 7) is 3.64. The molecule has 0 radical (unpaired) electrons. The van der Waals surface area contributed by atoms with Crippen molar-refractivity contribution in [3.63, 3.8) is 0 Å². The Balaban J connectivity index is 2.63. The molecule has 0 unspecified atom stereocenters. The van der Waals surface area contributed by atoms with E-state index in [2.05, 4.69) is 16.1 Å². The highest BCUT2D eigenvalue weighted by molar-refractivity contribution is 6.29. The molecule has 10 heavy (non-hydrogen) atoms. The third-order valence-electron chi connectivity index (χ3n) is 0.981. The van der Waals surface area contributed by atoms with Crippen molar-refractivity contribution < 1.29 is 19.1 Å². The van der Waals surface area contributed by atoms with Crippen molar-refractivity contribution in [1.29, 1.82) is 0 Å². The molecule has 1 fully saturated rings. The number of carbonyl (C=O) groups is 2. The monoisotopic (exact) mass is 142 g/mol. The summed E-state index contributed by atoms with van der Waals surface area (Å²) in [4.78, 5) is 20.8. The Morgan fingerprint density at radius 1 is 1.10 bits per heavy atom. The highest BCUT2D eigenvalue weighted by Gasteiger charge is 2.21. The Labute approximate surface area is 57.4 Å². The molecule has 1 heterocycles. The smallest absolute Gasteiger partial charge is 0.417 e. The molecule has 0 atom stereocenters. The molecular weight excluding hydrogens is 136 g/mol. The van der Waals surface area contributed by atoms with Crippen LogP contribution in [0.15, 0.2) is 12.2 Å². The van der Waals surface area contributed by atoms with Crippen molar-refractivity contribution in [2.45, 2.75) is 0 Å². The summed E-state index contributed by atoms with van der Waals surface area (Å²) in [5, 5.41) is 0. The summed E-state index contributed by atoms with van der Waals surface area (Å²) >= 11 is 0. The lowest BCUT2D eigenvalue weighted by Crippen LogP contribution is -2.16. The van der Waals surface area contributed by atoms with Gasteiger partial charge in [-0.3, -0.25) is 0 Å².